The summed E-state index contributed by atoms with van der Waals surface area (Å²) in [5.74, 6) is 2.70. The van der Waals surface area contributed by atoms with Crippen LogP contribution < -0.4 is 0 Å². The zero-order chi connectivity index (χ0) is 35.1. The van der Waals surface area contributed by atoms with Crippen LogP contribution in [0.5, 0.6) is 23.0 Å². The van der Waals surface area contributed by atoms with Gasteiger partial charge in [-0.15, -0.1) is 0 Å². The molecule has 0 aliphatic heterocycles. The van der Waals surface area contributed by atoms with Gasteiger partial charge < -0.3 is 20.4 Å². The van der Waals surface area contributed by atoms with Gasteiger partial charge in [-0.2, -0.15) is 0 Å². The van der Waals surface area contributed by atoms with Gasteiger partial charge in [-0.25, -0.2) is 0 Å². The minimum absolute atomic E-state index is 0.122. The van der Waals surface area contributed by atoms with Crippen LogP contribution >= 0.6 is 0 Å². The van der Waals surface area contributed by atoms with E-state index < -0.39 is 0 Å². The first-order valence-corrected chi connectivity index (χ1v) is 18.4. The van der Waals surface area contributed by atoms with Crippen molar-refractivity contribution in [2.45, 2.75) is 117 Å². The summed E-state index contributed by atoms with van der Waals surface area (Å²) in [5, 5.41) is 41.3. The molecule has 2 saturated carbocycles. The Morgan fingerprint density at radius 1 is 0.469 bits per heavy atom. The molecule has 0 spiro atoms. The summed E-state index contributed by atoms with van der Waals surface area (Å²) < 4.78 is 0. The molecular formula is C45H56O4. The first-order chi connectivity index (χ1) is 23.2. The summed E-state index contributed by atoms with van der Waals surface area (Å²) in [4.78, 5) is 0. The lowest BCUT2D eigenvalue weighted by Gasteiger charge is -2.45. The highest BCUT2D eigenvalue weighted by atomic mass is 16.3. The Labute approximate surface area is 293 Å². The van der Waals surface area contributed by atoms with E-state index in [9.17, 15) is 20.4 Å². The predicted octanol–water partition coefficient (Wildman–Crippen LogP) is 11.2. The molecule has 0 bridgehead atoms. The van der Waals surface area contributed by atoms with Crippen LogP contribution in [-0.4, -0.2) is 20.4 Å². The van der Waals surface area contributed by atoms with E-state index in [-0.39, 0.29) is 16.2 Å². The van der Waals surface area contributed by atoms with Crippen molar-refractivity contribution in [3.05, 3.63) is 117 Å². The molecule has 4 aromatic carbocycles. The number of benzene rings is 4. The van der Waals surface area contributed by atoms with Crippen LogP contribution in [0.2, 0.25) is 0 Å². The average Bonchev–Trinajstić information content (AvgIpc) is 3.07. The van der Waals surface area contributed by atoms with Gasteiger partial charge in [0.1, 0.15) is 23.0 Å². The smallest absolute Gasteiger partial charge is 0.118 e. The molecule has 4 aromatic rings. The molecule has 0 radical (unpaired) electrons. The molecule has 260 valence electrons. The highest BCUT2D eigenvalue weighted by Crippen LogP contribution is 2.53. The van der Waals surface area contributed by atoms with Gasteiger partial charge in [0, 0.05) is 10.8 Å². The molecule has 0 unspecified atom stereocenters. The number of phenols is 4. The van der Waals surface area contributed by atoms with Crippen LogP contribution in [0.4, 0.5) is 0 Å². The Morgan fingerprint density at radius 3 is 0.939 bits per heavy atom. The maximum atomic E-state index is 10.3. The van der Waals surface area contributed by atoms with Gasteiger partial charge in [0.2, 0.25) is 0 Å². The monoisotopic (exact) mass is 660 g/mol. The largest absolute Gasteiger partial charge is 0.508 e. The predicted molar refractivity (Wildman–Crippen MR) is 200 cm³/mol. The number of rotatable bonds is 8. The summed E-state index contributed by atoms with van der Waals surface area (Å²) in [7, 11) is 0. The van der Waals surface area contributed by atoms with Gasteiger partial charge in [-0.05, 0) is 178 Å². The minimum atomic E-state index is -0.122. The number of aryl methyl sites for hydroxylation is 4. The van der Waals surface area contributed by atoms with Crippen molar-refractivity contribution in [2.75, 3.05) is 0 Å². The molecule has 4 heteroatoms. The van der Waals surface area contributed by atoms with Crippen LogP contribution in [-0.2, 0) is 10.8 Å². The number of phenolic OH excluding ortho intramolecular Hbond substituents is 4. The minimum Gasteiger partial charge on any atom is -0.508 e. The number of hydrogen-bond donors (Lipinski definition) is 4. The maximum absolute atomic E-state index is 10.3. The maximum Gasteiger partial charge on any atom is 0.118 e. The Morgan fingerprint density at radius 2 is 0.714 bits per heavy atom. The lowest BCUT2D eigenvalue weighted by Crippen LogP contribution is -2.36. The molecule has 2 fully saturated rings. The molecule has 2 aliphatic carbocycles. The summed E-state index contributed by atoms with van der Waals surface area (Å²) in [6.45, 7) is 12.9. The summed E-state index contributed by atoms with van der Waals surface area (Å²) in [6.07, 6.45) is 11.4. The Hall–Kier alpha value is -3.92. The van der Waals surface area contributed by atoms with Gasteiger partial charge in [0.15, 0.2) is 0 Å². The molecule has 0 atom stereocenters. The van der Waals surface area contributed by atoms with E-state index in [4.69, 9.17) is 0 Å². The first-order valence-electron chi connectivity index (χ1n) is 18.4. The zero-order valence-electron chi connectivity index (χ0n) is 30.4. The van der Waals surface area contributed by atoms with E-state index in [0.29, 0.717) is 34.8 Å². The van der Waals surface area contributed by atoms with Crippen molar-refractivity contribution in [1.82, 2.24) is 0 Å². The quantitative estimate of drug-likeness (QED) is 0.152. The number of aromatic hydroxyl groups is 4. The lowest BCUT2D eigenvalue weighted by atomic mass is 9.59. The molecule has 0 heterocycles. The molecule has 0 amide bonds. The molecule has 6 rings (SSSR count). The van der Waals surface area contributed by atoms with E-state index in [1.807, 2.05) is 52.0 Å². The lowest BCUT2D eigenvalue weighted by molar-refractivity contribution is 0.137. The summed E-state index contributed by atoms with van der Waals surface area (Å²) in [5.41, 5.74) is 8.71. The number of hydrogen-bond acceptors (Lipinski definition) is 4. The van der Waals surface area contributed by atoms with Crippen molar-refractivity contribution >= 4 is 0 Å². The fourth-order valence-corrected chi connectivity index (χ4v) is 9.70. The first kappa shape index (κ1) is 34.9. The SMILES string of the molecule is Cc1cc(C2(c3ccc(O)c(C)c3)CCC(CC(C)(C)CC3CCC(c4ccc(O)c(C)c4)(c4ccc(O)c(C)c4)CC3)CC2)ccc1O. The van der Waals surface area contributed by atoms with E-state index in [0.717, 1.165) is 73.6 Å². The third-order valence-electron chi connectivity index (χ3n) is 12.6. The summed E-state index contributed by atoms with van der Waals surface area (Å²) in [6, 6.07) is 24.5. The van der Waals surface area contributed by atoms with Crippen LogP contribution in [0.25, 0.3) is 0 Å². The average molecular weight is 661 g/mol. The Bertz CT molecular complexity index is 1560. The van der Waals surface area contributed by atoms with Gasteiger partial charge in [-0.1, -0.05) is 62.4 Å². The van der Waals surface area contributed by atoms with E-state index in [1.54, 1.807) is 0 Å². The van der Waals surface area contributed by atoms with E-state index in [1.165, 1.54) is 35.1 Å². The molecule has 0 saturated heterocycles. The van der Waals surface area contributed by atoms with E-state index in [2.05, 4.69) is 62.4 Å². The van der Waals surface area contributed by atoms with Gasteiger partial charge in [0.25, 0.3) is 0 Å². The van der Waals surface area contributed by atoms with Crippen LogP contribution in [0.15, 0.2) is 72.8 Å². The van der Waals surface area contributed by atoms with Gasteiger partial charge >= 0.3 is 0 Å². The van der Waals surface area contributed by atoms with Gasteiger partial charge in [0.05, 0.1) is 0 Å². The molecule has 4 N–H and O–H groups in total. The Kier molecular flexibility index (Phi) is 9.56. The molecule has 49 heavy (non-hydrogen) atoms. The zero-order valence-corrected chi connectivity index (χ0v) is 30.4. The van der Waals surface area contributed by atoms with Crippen molar-refractivity contribution in [3.63, 3.8) is 0 Å². The second-order valence-corrected chi connectivity index (χ2v) is 16.6. The third kappa shape index (κ3) is 6.94. The topological polar surface area (TPSA) is 80.9 Å². The standard InChI is InChI=1S/C45H56O4/c1-29-23-35(7-11-39(29)46)44(36-8-12-40(47)30(2)24-36)19-15-33(16-20-44)27-43(5,6)28-34-17-21-45(22-18-34,37-9-13-41(48)31(3)25-37)38-10-14-42(49)32(4)26-38/h7-14,23-26,33-34,46-49H,15-22,27-28H2,1-6H3. The van der Waals surface area contributed by atoms with Gasteiger partial charge in [-0.3, -0.25) is 0 Å². The van der Waals surface area contributed by atoms with Crippen LogP contribution in [0, 0.1) is 44.9 Å². The normalized spacial score (nSPS) is 18.4. The van der Waals surface area contributed by atoms with Crippen molar-refractivity contribution in [1.29, 1.82) is 0 Å². The second-order valence-electron chi connectivity index (χ2n) is 16.6. The van der Waals surface area contributed by atoms with Crippen molar-refractivity contribution in [3.8, 4) is 23.0 Å². The second kappa shape index (κ2) is 13.4. The fourth-order valence-electron chi connectivity index (χ4n) is 9.70. The molecule has 0 aromatic heterocycles. The highest BCUT2D eigenvalue weighted by Gasteiger charge is 2.42. The Balaban J connectivity index is 1.16. The fraction of sp³-hybridized carbons (Fsp3) is 0.467. The third-order valence-corrected chi connectivity index (χ3v) is 12.6. The summed E-state index contributed by atoms with van der Waals surface area (Å²) >= 11 is 0. The highest BCUT2D eigenvalue weighted by molar-refractivity contribution is 5.49. The molecular weight excluding hydrogens is 604 g/mol. The van der Waals surface area contributed by atoms with Crippen molar-refractivity contribution in [2.24, 2.45) is 17.3 Å². The molecule has 2 aliphatic rings. The van der Waals surface area contributed by atoms with E-state index >= 15 is 0 Å². The molecule has 4 nitrogen and oxygen atoms in total. The van der Waals surface area contributed by atoms with Crippen molar-refractivity contribution < 1.29 is 20.4 Å². The van der Waals surface area contributed by atoms with Crippen LogP contribution in [0.1, 0.15) is 123 Å². The van der Waals surface area contributed by atoms with Crippen LogP contribution in [0.3, 0.4) is 0 Å².